The van der Waals surface area contributed by atoms with Crippen molar-refractivity contribution >= 4 is 32.4 Å². The van der Waals surface area contributed by atoms with Gasteiger partial charge in [0.05, 0.1) is 16.7 Å². The number of carbonyl (C=O) groups is 3. The van der Waals surface area contributed by atoms with Crippen LogP contribution < -0.4 is 0 Å². The highest BCUT2D eigenvalue weighted by Crippen LogP contribution is 2.15. The molecule has 0 aliphatic carbocycles. The van der Waals surface area contributed by atoms with Crippen LogP contribution in [0.5, 0.6) is 0 Å². The molecule has 0 aliphatic rings. The molecule has 124 valence electrons. The number of carboxylic acids is 2. The van der Waals surface area contributed by atoms with Gasteiger partial charge in [-0.05, 0) is 43.8 Å². The number of amides is 1. The fraction of sp³-hybridized carbons (Fsp3) is 0.333. The molecule has 0 bridgehead atoms. The number of carboxylic acid groups (broad SMARTS) is 2. The largest absolute Gasteiger partial charge is 0.478 e. The van der Waals surface area contributed by atoms with Crippen molar-refractivity contribution in [2.24, 2.45) is 4.99 Å². The number of hydrogen-bond donors (Lipinski definition) is 2. The Morgan fingerprint density at radius 3 is 2.35 bits per heavy atom. The summed E-state index contributed by atoms with van der Waals surface area (Å²) in [5.74, 6) is -3.33. The van der Waals surface area contributed by atoms with Gasteiger partial charge in [0.25, 0.3) is 5.91 Å². The lowest BCUT2D eigenvalue weighted by molar-refractivity contribution is 0.0679. The summed E-state index contributed by atoms with van der Waals surface area (Å²) in [4.78, 5) is 37.9. The van der Waals surface area contributed by atoms with Crippen molar-refractivity contribution in [1.29, 1.82) is 0 Å². The Bertz CT molecular complexity index is 653. The average molecular weight is 337 g/mol. The van der Waals surface area contributed by atoms with Crippen molar-refractivity contribution < 1.29 is 29.0 Å². The Morgan fingerprint density at radius 1 is 1.17 bits per heavy atom. The van der Waals surface area contributed by atoms with E-state index < -0.39 is 26.2 Å². The normalized spacial score (nSPS) is 11.6. The first-order chi connectivity index (χ1) is 10.7. The molecule has 0 saturated carbocycles. The van der Waals surface area contributed by atoms with Gasteiger partial charge in [-0.2, -0.15) is 0 Å². The highest BCUT2D eigenvalue weighted by Gasteiger charge is 2.20. The maximum Gasteiger partial charge on any atom is 0.336 e. The molecular weight excluding hydrogens is 318 g/mol. The van der Waals surface area contributed by atoms with Crippen LogP contribution in [-0.2, 0) is 4.43 Å². The number of nitrogens with zero attached hydrogens (tertiary/aromatic N) is 1. The number of aliphatic imine (C=N–C) groups is 1. The van der Waals surface area contributed by atoms with E-state index in [2.05, 4.69) is 4.99 Å². The number of rotatable bonds is 7. The predicted octanol–water partition coefficient (Wildman–Crippen LogP) is 2.54. The highest BCUT2D eigenvalue weighted by molar-refractivity contribution is 6.71. The van der Waals surface area contributed by atoms with Crippen LogP contribution in [0, 0.1) is 0 Å². The van der Waals surface area contributed by atoms with E-state index >= 15 is 0 Å². The van der Waals surface area contributed by atoms with Gasteiger partial charge in [-0.25, -0.2) is 14.6 Å². The van der Waals surface area contributed by atoms with Gasteiger partial charge in [0.1, 0.15) is 0 Å². The van der Waals surface area contributed by atoms with Crippen LogP contribution in [0.4, 0.5) is 0 Å². The molecule has 0 unspecified atom stereocenters. The second-order valence-corrected chi connectivity index (χ2v) is 9.92. The molecule has 0 spiro atoms. The molecule has 0 saturated heterocycles. The fourth-order valence-electron chi connectivity index (χ4n) is 1.77. The first-order valence-electron chi connectivity index (χ1n) is 6.90. The van der Waals surface area contributed by atoms with Crippen molar-refractivity contribution in [3.05, 3.63) is 34.9 Å². The van der Waals surface area contributed by atoms with E-state index in [-0.39, 0.29) is 16.7 Å². The van der Waals surface area contributed by atoms with Gasteiger partial charge >= 0.3 is 11.9 Å². The molecule has 1 rings (SSSR count). The molecule has 1 amide bonds. The van der Waals surface area contributed by atoms with E-state index in [1.54, 1.807) is 7.11 Å². The summed E-state index contributed by atoms with van der Waals surface area (Å²) in [7, 11) is -0.112. The van der Waals surface area contributed by atoms with Crippen molar-refractivity contribution in [1.82, 2.24) is 0 Å². The van der Waals surface area contributed by atoms with E-state index in [9.17, 15) is 14.4 Å². The summed E-state index contributed by atoms with van der Waals surface area (Å²) >= 11 is 0. The molecule has 23 heavy (non-hydrogen) atoms. The zero-order valence-corrected chi connectivity index (χ0v) is 14.2. The molecule has 0 heterocycles. The lowest BCUT2D eigenvalue weighted by atomic mass is 10.0. The van der Waals surface area contributed by atoms with Gasteiger partial charge in [-0.1, -0.05) is 0 Å². The number of benzene rings is 1. The summed E-state index contributed by atoms with van der Waals surface area (Å²) in [5, 5.41) is 18.0. The van der Waals surface area contributed by atoms with Crippen LogP contribution in [0.3, 0.4) is 0 Å². The van der Waals surface area contributed by atoms with Crippen molar-refractivity contribution in [2.45, 2.75) is 25.6 Å². The molecule has 0 aliphatic heterocycles. The van der Waals surface area contributed by atoms with Crippen LogP contribution in [-0.4, -0.2) is 49.7 Å². The van der Waals surface area contributed by atoms with Gasteiger partial charge in [0.2, 0.25) is 0 Å². The first-order valence-corrected chi connectivity index (χ1v) is 10.0. The molecule has 0 aromatic heterocycles. The number of hydrogen-bond acceptors (Lipinski definition) is 4. The summed E-state index contributed by atoms with van der Waals surface area (Å²) < 4.78 is 5.37. The lowest BCUT2D eigenvalue weighted by Gasteiger charge is -2.18. The molecule has 1 aromatic carbocycles. The zero-order chi connectivity index (χ0) is 17.6. The van der Waals surface area contributed by atoms with Gasteiger partial charge in [0.15, 0.2) is 8.32 Å². The second-order valence-electron chi connectivity index (χ2n) is 5.49. The minimum absolute atomic E-state index is 0.165. The van der Waals surface area contributed by atoms with Crippen molar-refractivity contribution in [3.8, 4) is 0 Å². The average Bonchev–Trinajstić information content (AvgIpc) is 2.50. The number of aromatic carboxylic acids is 2. The predicted molar refractivity (Wildman–Crippen MR) is 87.1 cm³/mol. The molecule has 0 radical (unpaired) electrons. The second kappa shape index (κ2) is 7.79. The summed E-state index contributed by atoms with van der Waals surface area (Å²) in [5.41, 5.74) is -0.679. The Labute approximate surface area is 134 Å². The Balaban J connectivity index is 2.95. The summed E-state index contributed by atoms with van der Waals surface area (Å²) in [6.45, 7) is 4.06. The van der Waals surface area contributed by atoms with Crippen LogP contribution in [0.2, 0.25) is 19.1 Å². The van der Waals surface area contributed by atoms with E-state index in [4.69, 9.17) is 14.6 Å². The fourth-order valence-corrected chi connectivity index (χ4v) is 2.80. The molecule has 0 atom stereocenters. The lowest BCUT2D eigenvalue weighted by Crippen LogP contribution is -2.28. The smallest absolute Gasteiger partial charge is 0.336 e. The van der Waals surface area contributed by atoms with Gasteiger partial charge in [0, 0.05) is 13.3 Å². The highest BCUT2D eigenvalue weighted by atomic mass is 28.4. The monoisotopic (exact) mass is 337 g/mol. The van der Waals surface area contributed by atoms with E-state index in [0.29, 0.717) is 6.42 Å². The SMILES string of the molecule is CO[Si](C)(C)CCC=NC(=O)c1cc(C(=O)O)ccc1C(=O)O. The third kappa shape index (κ3) is 5.42. The minimum atomic E-state index is -1.76. The van der Waals surface area contributed by atoms with Crippen LogP contribution in [0.15, 0.2) is 23.2 Å². The standard InChI is InChI=1S/C15H19NO6Si/c1-22-23(2,3)8-4-7-16-13(17)12-9-10(14(18)19)5-6-11(12)15(20)21/h5-7,9H,4,8H2,1-3H3,(H,18,19)(H,20,21). The molecule has 8 heteroatoms. The topological polar surface area (TPSA) is 113 Å². The van der Waals surface area contributed by atoms with E-state index in [1.165, 1.54) is 6.21 Å². The molecule has 0 fully saturated rings. The Hall–Kier alpha value is -2.32. The molecular formula is C15H19NO6Si. The quantitative estimate of drug-likeness (QED) is 0.584. The minimum Gasteiger partial charge on any atom is -0.478 e. The summed E-state index contributed by atoms with van der Waals surface area (Å²) in [6.07, 6.45) is 1.94. The van der Waals surface area contributed by atoms with Gasteiger partial charge in [-0.3, -0.25) is 4.79 Å². The van der Waals surface area contributed by atoms with Gasteiger partial charge < -0.3 is 14.6 Å². The third-order valence-corrected chi connectivity index (χ3v) is 5.96. The number of carbonyl (C=O) groups excluding carboxylic acids is 1. The molecule has 2 N–H and O–H groups in total. The van der Waals surface area contributed by atoms with Crippen LogP contribution in [0.25, 0.3) is 0 Å². The molecule has 1 aromatic rings. The van der Waals surface area contributed by atoms with Gasteiger partial charge in [-0.15, -0.1) is 0 Å². The molecule has 7 nitrogen and oxygen atoms in total. The Kier molecular flexibility index (Phi) is 6.34. The van der Waals surface area contributed by atoms with Crippen LogP contribution >= 0.6 is 0 Å². The summed E-state index contributed by atoms with van der Waals surface area (Å²) in [6, 6.07) is 4.02. The maximum absolute atomic E-state index is 12.1. The maximum atomic E-state index is 12.1. The third-order valence-electron chi connectivity index (χ3n) is 3.36. The van der Waals surface area contributed by atoms with E-state index in [0.717, 1.165) is 24.2 Å². The van der Waals surface area contributed by atoms with E-state index in [1.807, 2.05) is 13.1 Å². The zero-order valence-electron chi connectivity index (χ0n) is 13.2. The van der Waals surface area contributed by atoms with Crippen LogP contribution in [0.1, 0.15) is 37.5 Å². The Morgan fingerprint density at radius 2 is 1.83 bits per heavy atom. The first kappa shape index (κ1) is 18.7. The van der Waals surface area contributed by atoms with Crippen molar-refractivity contribution in [2.75, 3.05) is 7.11 Å². The van der Waals surface area contributed by atoms with Crippen molar-refractivity contribution in [3.63, 3.8) is 0 Å².